The average Bonchev–Trinajstić information content (AvgIpc) is 2.35. The van der Waals surface area contributed by atoms with Crippen LogP contribution in [0.5, 0.6) is 5.75 Å². The van der Waals surface area contributed by atoms with Crippen LogP contribution in [0.25, 0.3) is 0 Å². The first kappa shape index (κ1) is 16.6. The van der Waals surface area contributed by atoms with Gasteiger partial charge in [-0.25, -0.2) is 8.42 Å². The zero-order valence-electron chi connectivity index (χ0n) is 13.9. The molecule has 0 aromatic heterocycles. The molecule has 2 rings (SSSR count). The lowest BCUT2D eigenvalue weighted by Crippen LogP contribution is -2.10. The van der Waals surface area contributed by atoms with E-state index < -0.39 is 9.84 Å². The van der Waals surface area contributed by atoms with Gasteiger partial charge >= 0.3 is 0 Å². The van der Waals surface area contributed by atoms with Crippen LogP contribution in [0.4, 0.5) is 0 Å². The van der Waals surface area contributed by atoms with Gasteiger partial charge in [0.2, 0.25) is 9.84 Å². The molecule has 0 fully saturated rings. The van der Waals surface area contributed by atoms with E-state index in [4.69, 9.17) is 4.74 Å². The molecule has 0 aliphatic rings. The van der Waals surface area contributed by atoms with Gasteiger partial charge in [0.05, 0.1) is 16.9 Å². The van der Waals surface area contributed by atoms with Crippen molar-refractivity contribution in [2.45, 2.75) is 44.4 Å². The van der Waals surface area contributed by atoms with Crippen molar-refractivity contribution < 1.29 is 13.2 Å². The molecule has 2 aromatic rings. The average molecular weight is 318 g/mol. The van der Waals surface area contributed by atoms with Crippen LogP contribution in [0.1, 0.15) is 27.8 Å². The van der Waals surface area contributed by atoms with Gasteiger partial charge in [-0.1, -0.05) is 17.7 Å². The summed E-state index contributed by atoms with van der Waals surface area (Å²) in [5.41, 5.74) is 4.05. The summed E-state index contributed by atoms with van der Waals surface area (Å²) in [6.07, 6.45) is 0. The summed E-state index contributed by atoms with van der Waals surface area (Å²) in [4.78, 5) is 0.790. The van der Waals surface area contributed by atoms with E-state index in [1.807, 2.05) is 32.9 Å². The maximum atomic E-state index is 13.2. The van der Waals surface area contributed by atoms with Crippen molar-refractivity contribution >= 4 is 9.84 Å². The minimum Gasteiger partial charge on any atom is -0.497 e. The van der Waals surface area contributed by atoms with Gasteiger partial charge < -0.3 is 4.74 Å². The molecule has 3 nitrogen and oxygen atoms in total. The highest BCUT2D eigenvalue weighted by Gasteiger charge is 2.26. The third-order valence-electron chi connectivity index (χ3n) is 3.81. The fourth-order valence-electron chi connectivity index (χ4n) is 3.14. The standard InChI is InChI=1S/C18H22O3S/c1-11-7-12(2)17(13(3)8-11)22(19,20)18-14(4)9-16(21-6)10-15(18)5/h7-10H,1-6H3. The van der Waals surface area contributed by atoms with Crippen molar-refractivity contribution in [3.8, 4) is 5.75 Å². The normalized spacial score (nSPS) is 11.5. The Bertz CT molecular complexity index is 787. The molecule has 0 bridgehead atoms. The number of rotatable bonds is 3. The minimum atomic E-state index is -3.56. The van der Waals surface area contributed by atoms with Crippen LogP contribution >= 0.6 is 0 Å². The third-order valence-corrected chi connectivity index (χ3v) is 6.17. The first-order valence-corrected chi connectivity index (χ1v) is 8.65. The summed E-state index contributed by atoms with van der Waals surface area (Å²) in [7, 11) is -1.98. The Morgan fingerprint density at radius 1 is 0.727 bits per heavy atom. The molecule has 0 aliphatic carbocycles. The number of aryl methyl sites for hydroxylation is 5. The topological polar surface area (TPSA) is 43.4 Å². The van der Waals surface area contributed by atoms with Crippen LogP contribution in [0.15, 0.2) is 34.1 Å². The second kappa shape index (κ2) is 5.76. The summed E-state index contributed by atoms with van der Waals surface area (Å²) in [6, 6.07) is 7.35. The van der Waals surface area contributed by atoms with Crippen LogP contribution in [0.2, 0.25) is 0 Å². The fraction of sp³-hybridized carbons (Fsp3) is 0.333. The van der Waals surface area contributed by atoms with Crippen LogP contribution < -0.4 is 4.74 Å². The molecule has 0 N–H and O–H groups in total. The van der Waals surface area contributed by atoms with Crippen molar-refractivity contribution in [2.75, 3.05) is 7.11 Å². The van der Waals surface area contributed by atoms with Crippen LogP contribution in [-0.4, -0.2) is 15.5 Å². The molecule has 0 saturated carbocycles. The fourth-order valence-corrected chi connectivity index (χ4v) is 5.28. The van der Waals surface area contributed by atoms with E-state index in [1.165, 1.54) is 0 Å². The lowest BCUT2D eigenvalue weighted by molar-refractivity contribution is 0.413. The predicted octanol–water partition coefficient (Wildman–Crippen LogP) is 4.07. The molecule has 0 spiro atoms. The van der Waals surface area contributed by atoms with Crippen molar-refractivity contribution in [3.63, 3.8) is 0 Å². The highest BCUT2D eigenvalue weighted by atomic mass is 32.2. The number of methoxy groups -OCH3 is 1. The molecule has 0 radical (unpaired) electrons. The van der Waals surface area contributed by atoms with Gasteiger partial charge in [-0.15, -0.1) is 0 Å². The summed E-state index contributed by atoms with van der Waals surface area (Å²) in [5.74, 6) is 0.672. The molecule has 0 saturated heterocycles. The number of hydrogen-bond acceptors (Lipinski definition) is 3. The van der Waals surface area contributed by atoms with Gasteiger partial charge in [0.15, 0.2) is 0 Å². The van der Waals surface area contributed by atoms with Gasteiger partial charge in [0.25, 0.3) is 0 Å². The Morgan fingerprint density at radius 3 is 1.45 bits per heavy atom. The lowest BCUT2D eigenvalue weighted by Gasteiger charge is -2.16. The van der Waals surface area contributed by atoms with Gasteiger partial charge in [0, 0.05) is 0 Å². The molecule has 118 valence electrons. The number of sulfone groups is 1. The molecular formula is C18H22O3S. The lowest BCUT2D eigenvalue weighted by atomic mass is 10.1. The highest BCUT2D eigenvalue weighted by molar-refractivity contribution is 7.91. The quantitative estimate of drug-likeness (QED) is 0.857. The molecule has 0 unspecified atom stereocenters. The Morgan fingerprint density at radius 2 is 1.09 bits per heavy atom. The minimum absolute atomic E-state index is 0.378. The first-order valence-electron chi connectivity index (χ1n) is 7.16. The number of benzene rings is 2. The van der Waals surface area contributed by atoms with Crippen molar-refractivity contribution in [3.05, 3.63) is 52.1 Å². The summed E-state index contributed by atoms with van der Waals surface area (Å²) < 4.78 is 31.6. The summed E-state index contributed by atoms with van der Waals surface area (Å²) >= 11 is 0. The van der Waals surface area contributed by atoms with E-state index in [1.54, 1.807) is 33.1 Å². The predicted molar refractivity (Wildman–Crippen MR) is 88.6 cm³/mol. The largest absolute Gasteiger partial charge is 0.497 e. The van der Waals surface area contributed by atoms with Crippen molar-refractivity contribution in [2.24, 2.45) is 0 Å². The monoisotopic (exact) mass is 318 g/mol. The van der Waals surface area contributed by atoms with Gasteiger partial charge in [-0.2, -0.15) is 0 Å². The maximum Gasteiger partial charge on any atom is 0.207 e. The van der Waals surface area contributed by atoms with E-state index in [2.05, 4.69) is 0 Å². The van der Waals surface area contributed by atoms with E-state index >= 15 is 0 Å². The zero-order valence-corrected chi connectivity index (χ0v) is 14.8. The molecular weight excluding hydrogens is 296 g/mol. The van der Waals surface area contributed by atoms with Crippen LogP contribution in [-0.2, 0) is 9.84 Å². The summed E-state index contributed by atoms with van der Waals surface area (Å²) in [6.45, 7) is 9.28. The molecule has 22 heavy (non-hydrogen) atoms. The van der Waals surface area contributed by atoms with Crippen molar-refractivity contribution in [1.29, 1.82) is 0 Å². The summed E-state index contributed by atoms with van der Waals surface area (Å²) in [5, 5.41) is 0. The van der Waals surface area contributed by atoms with E-state index in [0.717, 1.165) is 16.7 Å². The van der Waals surface area contributed by atoms with Crippen LogP contribution in [0, 0.1) is 34.6 Å². The van der Waals surface area contributed by atoms with E-state index in [9.17, 15) is 8.42 Å². The Labute approximate surface area is 132 Å². The number of hydrogen-bond donors (Lipinski definition) is 0. The molecule has 0 heterocycles. The zero-order chi connectivity index (χ0) is 16.7. The smallest absolute Gasteiger partial charge is 0.207 e. The van der Waals surface area contributed by atoms with Crippen LogP contribution in [0.3, 0.4) is 0 Å². The second-order valence-electron chi connectivity index (χ2n) is 5.82. The van der Waals surface area contributed by atoms with E-state index in [-0.39, 0.29) is 0 Å². The maximum absolute atomic E-state index is 13.2. The van der Waals surface area contributed by atoms with Gasteiger partial charge in [-0.05, 0) is 69.0 Å². The number of ether oxygens (including phenoxy) is 1. The van der Waals surface area contributed by atoms with Gasteiger partial charge in [-0.3, -0.25) is 0 Å². The molecule has 4 heteroatoms. The van der Waals surface area contributed by atoms with Gasteiger partial charge in [0.1, 0.15) is 5.75 Å². The van der Waals surface area contributed by atoms with Crippen molar-refractivity contribution in [1.82, 2.24) is 0 Å². The SMILES string of the molecule is COc1cc(C)c(S(=O)(=O)c2c(C)cc(C)cc2C)c(C)c1. The highest BCUT2D eigenvalue weighted by Crippen LogP contribution is 2.33. The second-order valence-corrected chi connectivity index (χ2v) is 7.64. The Kier molecular flexibility index (Phi) is 4.34. The first-order chi connectivity index (χ1) is 10.2. The molecule has 2 aromatic carbocycles. The third kappa shape index (κ3) is 2.75. The molecule has 0 aliphatic heterocycles. The Hall–Kier alpha value is -1.81. The van der Waals surface area contributed by atoms with E-state index in [0.29, 0.717) is 26.7 Å². The molecule has 0 atom stereocenters. The Balaban J connectivity index is 2.77. The molecule has 0 amide bonds.